The lowest BCUT2D eigenvalue weighted by molar-refractivity contribution is 0.378. The molecule has 1 nitrogen and oxygen atoms in total. The van der Waals surface area contributed by atoms with Crippen LogP contribution in [0, 0.1) is 5.92 Å². The molecular formula is C14H20ClNS. The van der Waals surface area contributed by atoms with E-state index in [1.807, 2.05) is 12.1 Å². The van der Waals surface area contributed by atoms with Gasteiger partial charge in [-0.25, -0.2) is 0 Å². The second kappa shape index (κ2) is 6.67. The summed E-state index contributed by atoms with van der Waals surface area (Å²) in [6, 6.07) is 8.18. The molecule has 17 heavy (non-hydrogen) atoms. The molecular weight excluding hydrogens is 250 g/mol. The largest absolute Gasteiger partial charge is 0.330 e. The lowest BCUT2D eigenvalue weighted by atomic mass is 9.89. The van der Waals surface area contributed by atoms with Crippen molar-refractivity contribution in [1.29, 1.82) is 0 Å². The lowest BCUT2D eigenvalue weighted by Gasteiger charge is -2.30. The minimum atomic E-state index is 0.723. The normalized spacial score (nSPS) is 24.8. The molecule has 2 rings (SSSR count). The van der Waals surface area contributed by atoms with Crippen LogP contribution >= 0.6 is 23.4 Å². The molecule has 1 saturated carbocycles. The van der Waals surface area contributed by atoms with Crippen molar-refractivity contribution in [2.75, 3.05) is 6.54 Å². The molecule has 1 aliphatic rings. The minimum absolute atomic E-state index is 0.723. The number of nitrogens with two attached hydrogens (primary N) is 1. The number of halogens is 1. The molecule has 1 aliphatic carbocycles. The molecule has 0 aliphatic heterocycles. The van der Waals surface area contributed by atoms with Crippen molar-refractivity contribution in [1.82, 2.24) is 0 Å². The first-order valence-electron chi connectivity index (χ1n) is 6.35. The summed E-state index contributed by atoms with van der Waals surface area (Å²) in [6.07, 6.45) is 5.38. The van der Waals surface area contributed by atoms with Crippen molar-refractivity contribution < 1.29 is 0 Å². The Kier molecular flexibility index (Phi) is 5.20. The Balaban J connectivity index is 1.86. The van der Waals surface area contributed by atoms with Gasteiger partial charge in [-0.05, 0) is 43.0 Å². The van der Waals surface area contributed by atoms with Gasteiger partial charge in [0.25, 0.3) is 0 Å². The molecule has 0 aromatic heterocycles. The summed E-state index contributed by atoms with van der Waals surface area (Å²) in [5.41, 5.74) is 7.21. The minimum Gasteiger partial charge on any atom is -0.330 e. The first-order chi connectivity index (χ1) is 8.29. The van der Waals surface area contributed by atoms with Crippen LogP contribution in [0.4, 0.5) is 0 Å². The molecule has 0 heterocycles. The van der Waals surface area contributed by atoms with Gasteiger partial charge in [0.15, 0.2) is 0 Å². The molecule has 0 bridgehead atoms. The van der Waals surface area contributed by atoms with Crippen molar-refractivity contribution in [3.63, 3.8) is 0 Å². The molecule has 1 aromatic rings. The van der Waals surface area contributed by atoms with Gasteiger partial charge >= 0.3 is 0 Å². The number of thioether (sulfide) groups is 1. The Bertz CT molecular complexity index is 339. The third kappa shape index (κ3) is 3.90. The highest BCUT2D eigenvalue weighted by atomic mass is 35.5. The van der Waals surface area contributed by atoms with E-state index in [0.29, 0.717) is 0 Å². The topological polar surface area (TPSA) is 26.0 Å². The van der Waals surface area contributed by atoms with Crippen molar-refractivity contribution in [2.45, 2.75) is 36.7 Å². The number of hydrogen-bond acceptors (Lipinski definition) is 2. The molecule has 0 radical (unpaired) electrons. The molecule has 2 unspecified atom stereocenters. The molecule has 2 atom stereocenters. The van der Waals surface area contributed by atoms with Crippen LogP contribution in [0.5, 0.6) is 0 Å². The van der Waals surface area contributed by atoms with E-state index >= 15 is 0 Å². The fraction of sp³-hybridized carbons (Fsp3) is 0.571. The molecule has 3 heteroatoms. The van der Waals surface area contributed by atoms with Crippen LogP contribution in [0.3, 0.4) is 0 Å². The summed E-state index contributed by atoms with van der Waals surface area (Å²) >= 11 is 7.95. The van der Waals surface area contributed by atoms with E-state index in [9.17, 15) is 0 Å². The molecule has 0 saturated heterocycles. The SMILES string of the molecule is NCC1CCCCC1SCc1ccc(Cl)cc1. The number of rotatable bonds is 4. The van der Waals surface area contributed by atoms with E-state index in [2.05, 4.69) is 23.9 Å². The highest BCUT2D eigenvalue weighted by Gasteiger charge is 2.23. The third-order valence-electron chi connectivity index (χ3n) is 3.52. The van der Waals surface area contributed by atoms with Gasteiger partial charge < -0.3 is 5.73 Å². The van der Waals surface area contributed by atoms with Gasteiger partial charge in [0.2, 0.25) is 0 Å². The van der Waals surface area contributed by atoms with Crippen LogP contribution < -0.4 is 5.73 Å². The zero-order chi connectivity index (χ0) is 12.1. The summed E-state index contributed by atoms with van der Waals surface area (Å²) in [5, 5.41) is 1.57. The molecule has 0 amide bonds. The molecule has 1 aromatic carbocycles. The van der Waals surface area contributed by atoms with Gasteiger partial charge in [0.1, 0.15) is 0 Å². The fourth-order valence-electron chi connectivity index (χ4n) is 2.45. The Morgan fingerprint density at radius 2 is 1.88 bits per heavy atom. The van der Waals surface area contributed by atoms with E-state index in [0.717, 1.165) is 28.5 Å². The first kappa shape index (κ1) is 13.3. The van der Waals surface area contributed by atoms with Crippen LogP contribution in [0.15, 0.2) is 24.3 Å². The summed E-state index contributed by atoms with van der Waals surface area (Å²) in [5.74, 6) is 1.80. The van der Waals surface area contributed by atoms with Crippen LogP contribution in [-0.2, 0) is 5.75 Å². The van der Waals surface area contributed by atoms with Crippen molar-refractivity contribution >= 4 is 23.4 Å². The number of hydrogen-bond donors (Lipinski definition) is 1. The maximum Gasteiger partial charge on any atom is 0.0406 e. The summed E-state index contributed by atoms with van der Waals surface area (Å²) in [7, 11) is 0. The highest BCUT2D eigenvalue weighted by Crippen LogP contribution is 2.34. The molecule has 1 fully saturated rings. The molecule has 0 spiro atoms. The van der Waals surface area contributed by atoms with E-state index in [1.54, 1.807) is 0 Å². The second-order valence-electron chi connectivity index (χ2n) is 4.76. The van der Waals surface area contributed by atoms with Gasteiger partial charge in [-0.15, -0.1) is 0 Å². The summed E-state index contributed by atoms with van der Waals surface area (Å²) in [4.78, 5) is 0. The smallest absolute Gasteiger partial charge is 0.0406 e. The maximum atomic E-state index is 5.88. The van der Waals surface area contributed by atoms with Crippen LogP contribution in [0.25, 0.3) is 0 Å². The van der Waals surface area contributed by atoms with Crippen LogP contribution in [0.2, 0.25) is 5.02 Å². The van der Waals surface area contributed by atoms with E-state index in [-0.39, 0.29) is 0 Å². The Hall–Kier alpha value is -0.180. The van der Waals surface area contributed by atoms with E-state index in [1.165, 1.54) is 31.2 Å². The van der Waals surface area contributed by atoms with Crippen LogP contribution in [0.1, 0.15) is 31.2 Å². The quantitative estimate of drug-likeness (QED) is 0.891. The summed E-state index contributed by atoms with van der Waals surface area (Å²) in [6.45, 7) is 0.846. The third-order valence-corrected chi connectivity index (χ3v) is 5.32. The van der Waals surface area contributed by atoms with Gasteiger partial charge in [-0.1, -0.05) is 36.6 Å². The average molecular weight is 270 g/mol. The molecule has 94 valence electrons. The van der Waals surface area contributed by atoms with Crippen molar-refractivity contribution in [3.05, 3.63) is 34.9 Å². The number of benzene rings is 1. The van der Waals surface area contributed by atoms with E-state index < -0.39 is 0 Å². The Morgan fingerprint density at radius 3 is 2.59 bits per heavy atom. The second-order valence-corrected chi connectivity index (χ2v) is 6.42. The summed E-state index contributed by atoms with van der Waals surface area (Å²) < 4.78 is 0. The maximum absolute atomic E-state index is 5.88. The Morgan fingerprint density at radius 1 is 1.18 bits per heavy atom. The van der Waals surface area contributed by atoms with Gasteiger partial charge in [0.05, 0.1) is 0 Å². The fourth-order valence-corrected chi connectivity index (χ4v) is 4.02. The van der Waals surface area contributed by atoms with E-state index in [4.69, 9.17) is 17.3 Å². The average Bonchev–Trinajstić information content (AvgIpc) is 2.38. The predicted octanol–water partition coefficient (Wildman–Crippen LogP) is 4.09. The standard InChI is InChI=1S/C14H20ClNS/c15-13-7-5-11(6-8-13)10-17-14-4-2-1-3-12(14)9-16/h5-8,12,14H,1-4,9-10,16H2. The van der Waals surface area contributed by atoms with Crippen molar-refractivity contribution in [3.8, 4) is 0 Å². The van der Waals surface area contributed by atoms with Crippen LogP contribution in [-0.4, -0.2) is 11.8 Å². The zero-order valence-corrected chi connectivity index (χ0v) is 11.6. The lowest BCUT2D eigenvalue weighted by Crippen LogP contribution is -2.28. The monoisotopic (exact) mass is 269 g/mol. The Labute approximate surface area is 113 Å². The van der Waals surface area contributed by atoms with Gasteiger partial charge in [-0.2, -0.15) is 11.8 Å². The predicted molar refractivity (Wildman–Crippen MR) is 77.5 cm³/mol. The molecule has 2 N–H and O–H groups in total. The van der Waals surface area contributed by atoms with Gasteiger partial charge in [-0.3, -0.25) is 0 Å². The van der Waals surface area contributed by atoms with Gasteiger partial charge in [0, 0.05) is 16.0 Å². The van der Waals surface area contributed by atoms with Crippen molar-refractivity contribution in [2.24, 2.45) is 11.7 Å². The highest BCUT2D eigenvalue weighted by molar-refractivity contribution is 7.99. The zero-order valence-electron chi connectivity index (χ0n) is 10.1. The first-order valence-corrected chi connectivity index (χ1v) is 7.78.